The third-order valence-corrected chi connectivity index (χ3v) is 6.24. The van der Waals surface area contributed by atoms with E-state index in [2.05, 4.69) is 21.4 Å². The van der Waals surface area contributed by atoms with Crippen molar-refractivity contribution >= 4 is 11.6 Å². The summed E-state index contributed by atoms with van der Waals surface area (Å²) in [6.45, 7) is 5.29. The number of carbonyl (C=O) groups is 1. The van der Waals surface area contributed by atoms with Crippen LogP contribution in [0.3, 0.4) is 0 Å². The average Bonchev–Trinajstić information content (AvgIpc) is 3.17. The summed E-state index contributed by atoms with van der Waals surface area (Å²) in [5.41, 5.74) is 4.68. The smallest absolute Gasteiger partial charge is 0.274 e. The molecule has 1 aliphatic heterocycles. The maximum Gasteiger partial charge on any atom is 0.274 e. The van der Waals surface area contributed by atoms with Crippen molar-refractivity contribution in [2.75, 3.05) is 33.8 Å². The van der Waals surface area contributed by atoms with Gasteiger partial charge in [0.15, 0.2) is 5.69 Å². The highest BCUT2D eigenvalue weighted by Gasteiger charge is 2.26. The molecule has 164 valence electrons. The molecule has 6 heteroatoms. The summed E-state index contributed by atoms with van der Waals surface area (Å²) in [5, 5.41) is 0. The standard InChI is InChI=1S/C25H32N4O2/c1-19-9-7-15-29-22(18-28-14-8-12-21(17-28)31-3)23(26-24(19)29)25(30)27(2)16-13-20-10-5-4-6-11-20/h4-7,9-11,15,21H,8,12-14,16-18H2,1-3H3/t21-/m0/s1. The van der Waals surface area contributed by atoms with Crippen molar-refractivity contribution in [3.63, 3.8) is 0 Å². The van der Waals surface area contributed by atoms with Crippen molar-refractivity contribution < 1.29 is 9.53 Å². The Bertz CT molecular complexity index is 1030. The van der Waals surface area contributed by atoms with Crippen LogP contribution in [0.1, 0.15) is 40.2 Å². The monoisotopic (exact) mass is 420 g/mol. The van der Waals surface area contributed by atoms with Gasteiger partial charge in [0.25, 0.3) is 5.91 Å². The van der Waals surface area contributed by atoms with E-state index in [1.165, 1.54) is 5.56 Å². The van der Waals surface area contributed by atoms with Gasteiger partial charge in [0.05, 0.1) is 11.8 Å². The summed E-state index contributed by atoms with van der Waals surface area (Å²) in [6, 6.07) is 14.3. The number of hydrogen-bond acceptors (Lipinski definition) is 4. The number of fused-ring (bicyclic) bond motifs is 1. The number of likely N-dealkylation sites (N-methyl/N-ethyl adjacent to an activating group) is 1. The number of rotatable bonds is 7. The van der Waals surface area contributed by atoms with E-state index in [1.54, 1.807) is 12.0 Å². The highest BCUT2D eigenvalue weighted by molar-refractivity contribution is 5.94. The maximum atomic E-state index is 13.4. The molecule has 1 amide bonds. The van der Waals surface area contributed by atoms with Crippen LogP contribution in [0.5, 0.6) is 0 Å². The lowest BCUT2D eigenvalue weighted by molar-refractivity contribution is 0.0279. The van der Waals surface area contributed by atoms with Crippen LogP contribution in [-0.2, 0) is 17.7 Å². The fourth-order valence-corrected chi connectivity index (χ4v) is 4.36. The van der Waals surface area contributed by atoms with Crippen LogP contribution in [0.2, 0.25) is 0 Å². The lowest BCUT2D eigenvalue weighted by Gasteiger charge is -2.31. The zero-order valence-corrected chi connectivity index (χ0v) is 18.8. The summed E-state index contributed by atoms with van der Waals surface area (Å²) in [4.78, 5) is 22.4. The first-order chi connectivity index (χ1) is 15.1. The third kappa shape index (κ3) is 4.81. The van der Waals surface area contributed by atoms with Gasteiger partial charge in [-0.05, 0) is 49.9 Å². The summed E-state index contributed by atoms with van der Waals surface area (Å²) < 4.78 is 7.69. The van der Waals surface area contributed by atoms with Crippen LogP contribution in [0.25, 0.3) is 5.65 Å². The maximum absolute atomic E-state index is 13.4. The molecule has 0 N–H and O–H groups in total. The van der Waals surface area contributed by atoms with Crippen LogP contribution in [0, 0.1) is 6.92 Å². The molecule has 0 aliphatic carbocycles. The molecular formula is C25H32N4O2. The Balaban J connectivity index is 1.59. The molecule has 1 saturated heterocycles. The molecule has 0 saturated carbocycles. The number of imidazole rings is 1. The molecule has 31 heavy (non-hydrogen) atoms. The number of nitrogens with zero attached hydrogens (tertiary/aromatic N) is 4. The Labute approximate surface area is 184 Å². The Kier molecular flexibility index (Phi) is 6.68. The SMILES string of the molecule is CO[C@H]1CCCN(Cc2c(C(=O)N(C)CCc3ccccc3)nc3c(C)cccn23)C1. The molecule has 3 heterocycles. The van der Waals surface area contributed by atoms with Gasteiger partial charge in [0, 0.05) is 40.0 Å². The molecule has 2 aromatic heterocycles. The number of likely N-dealkylation sites (tertiary alicyclic amines) is 1. The number of methoxy groups -OCH3 is 1. The largest absolute Gasteiger partial charge is 0.380 e. The topological polar surface area (TPSA) is 50.1 Å². The van der Waals surface area contributed by atoms with Gasteiger partial charge in [-0.1, -0.05) is 36.4 Å². The van der Waals surface area contributed by atoms with E-state index in [9.17, 15) is 4.79 Å². The number of pyridine rings is 1. The van der Waals surface area contributed by atoms with Crippen molar-refractivity contribution in [2.24, 2.45) is 0 Å². The van der Waals surface area contributed by atoms with Gasteiger partial charge in [-0.2, -0.15) is 0 Å². The normalized spacial score (nSPS) is 17.2. The highest BCUT2D eigenvalue weighted by Crippen LogP contribution is 2.22. The molecule has 1 fully saturated rings. The van der Waals surface area contributed by atoms with Gasteiger partial charge in [-0.15, -0.1) is 0 Å². The second-order valence-corrected chi connectivity index (χ2v) is 8.49. The first kappa shape index (κ1) is 21.5. The Morgan fingerprint density at radius 1 is 1.23 bits per heavy atom. The number of aryl methyl sites for hydroxylation is 1. The lowest BCUT2D eigenvalue weighted by atomic mass is 10.1. The number of ether oxygens (including phenoxy) is 1. The number of benzene rings is 1. The predicted molar refractivity (Wildman–Crippen MR) is 122 cm³/mol. The van der Waals surface area contributed by atoms with Gasteiger partial charge in [0.2, 0.25) is 0 Å². The summed E-state index contributed by atoms with van der Waals surface area (Å²) >= 11 is 0. The van der Waals surface area contributed by atoms with Crippen molar-refractivity contribution in [1.29, 1.82) is 0 Å². The van der Waals surface area contributed by atoms with E-state index in [4.69, 9.17) is 9.72 Å². The molecule has 1 atom stereocenters. The van der Waals surface area contributed by atoms with E-state index in [1.807, 2.05) is 50.5 Å². The number of piperidine rings is 1. The van der Waals surface area contributed by atoms with Gasteiger partial charge in [-0.25, -0.2) is 4.98 Å². The molecular weight excluding hydrogens is 388 g/mol. The highest BCUT2D eigenvalue weighted by atomic mass is 16.5. The predicted octanol–water partition coefficient (Wildman–Crippen LogP) is 3.57. The number of aromatic nitrogens is 2. The van der Waals surface area contributed by atoms with E-state index in [0.717, 1.165) is 49.3 Å². The van der Waals surface area contributed by atoms with Crippen LogP contribution in [-0.4, -0.2) is 65.0 Å². The van der Waals surface area contributed by atoms with Crippen molar-refractivity contribution in [3.05, 3.63) is 71.2 Å². The first-order valence-electron chi connectivity index (χ1n) is 11.1. The molecule has 0 unspecified atom stereocenters. The Hall–Kier alpha value is -2.70. The average molecular weight is 421 g/mol. The first-order valence-corrected chi connectivity index (χ1v) is 11.1. The van der Waals surface area contributed by atoms with Gasteiger partial charge in [-0.3, -0.25) is 9.69 Å². The van der Waals surface area contributed by atoms with Gasteiger partial charge >= 0.3 is 0 Å². The molecule has 1 aromatic carbocycles. The summed E-state index contributed by atoms with van der Waals surface area (Å²) in [5.74, 6) is -0.0191. The molecule has 6 nitrogen and oxygen atoms in total. The van der Waals surface area contributed by atoms with E-state index < -0.39 is 0 Å². The quantitative estimate of drug-likeness (QED) is 0.586. The number of hydrogen-bond donors (Lipinski definition) is 0. The Morgan fingerprint density at radius 2 is 2.03 bits per heavy atom. The van der Waals surface area contributed by atoms with Crippen molar-refractivity contribution in [2.45, 2.75) is 38.8 Å². The second-order valence-electron chi connectivity index (χ2n) is 8.49. The third-order valence-electron chi connectivity index (χ3n) is 6.24. The van der Waals surface area contributed by atoms with E-state index in [0.29, 0.717) is 18.8 Å². The van der Waals surface area contributed by atoms with Gasteiger partial charge < -0.3 is 14.0 Å². The molecule has 1 aliphatic rings. The number of amides is 1. The fraction of sp³-hybridized carbons (Fsp3) is 0.440. The van der Waals surface area contributed by atoms with Crippen LogP contribution >= 0.6 is 0 Å². The van der Waals surface area contributed by atoms with Crippen molar-refractivity contribution in [1.82, 2.24) is 19.2 Å². The fourth-order valence-electron chi connectivity index (χ4n) is 4.36. The molecule has 0 radical (unpaired) electrons. The minimum absolute atomic E-state index is 0.0191. The van der Waals surface area contributed by atoms with Crippen LogP contribution in [0.4, 0.5) is 0 Å². The molecule has 0 spiro atoms. The molecule has 0 bridgehead atoms. The Morgan fingerprint density at radius 3 is 2.81 bits per heavy atom. The zero-order chi connectivity index (χ0) is 21.8. The van der Waals surface area contributed by atoms with Crippen LogP contribution in [0.15, 0.2) is 48.7 Å². The molecule has 3 aromatic rings. The summed E-state index contributed by atoms with van der Waals surface area (Å²) in [7, 11) is 3.65. The van der Waals surface area contributed by atoms with Crippen LogP contribution < -0.4 is 0 Å². The number of carbonyl (C=O) groups excluding carboxylic acids is 1. The van der Waals surface area contributed by atoms with Gasteiger partial charge in [0.1, 0.15) is 5.65 Å². The minimum Gasteiger partial charge on any atom is -0.380 e. The minimum atomic E-state index is -0.0191. The molecule has 4 rings (SSSR count). The summed E-state index contributed by atoms with van der Waals surface area (Å²) in [6.07, 6.45) is 5.29. The second kappa shape index (κ2) is 9.62. The van der Waals surface area contributed by atoms with E-state index >= 15 is 0 Å². The van der Waals surface area contributed by atoms with E-state index in [-0.39, 0.29) is 12.0 Å². The zero-order valence-electron chi connectivity index (χ0n) is 18.8. The lowest BCUT2D eigenvalue weighted by Crippen LogP contribution is -2.39. The van der Waals surface area contributed by atoms with Crippen molar-refractivity contribution in [3.8, 4) is 0 Å².